The van der Waals surface area contributed by atoms with Gasteiger partial charge in [-0.2, -0.15) is 0 Å². The third kappa shape index (κ3) is 3.57. The van der Waals surface area contributed by atoms with Crippen LogP contribution in [0.1, 0.15) is 30.0 Å². The number of hydrogen-bond acceptors (Lipinski definition) is 4. The highest BCUT2D eigenvalue weighted by Crippen LogP contribution is 2.48. The van der Waals surface area contributed by atoms with Gasteiger partial charge in [0.05, 0.1) is 25.7 Å². The van der Waals surface area contributed by atoms with E-state index in [1.54, 1.807) is 7.11 Å². The van der Waals surface area contributed by atoms with Gasteiger partial charge < -0.3 is 14.2 Å². The van der Waals surface area contributed by atoms with Crippen molar-refractivity contribution in [3.8, 4) is 11.5 Å². The van der Waals surface area contributed by atoms with Gasteiger partial charge in [-0.25, -0.2) is 0 Å². The Kier molecular flexibility index (Phi) is 5.57. The second-order valence-corrected chi connectivity index (χ2v) is 7.05. The van der Waals surface area contributed by atoms with Crippen LogP contribution >= 0.6 is 0 Å². The largest absolute Gasteiger partial charge is 0.496 e. The first-order valence-electron chi connectivity index (χ1n) is 10.0. The summed E-state index contributed by atoms with van der Waals surface area (Å²) in [6.45, 7) is 2.15. The SMILES string of the molecule is CCOC(=O)CC1=CC(c2ccccc2)(c2ccccc2)Oc2cccc(OC)c21. The lowest BCUT2D eigenvalue weighted by Gasteiger charge is -2.38. The number of benzene rings is 3. The number of methoxy groups -OCH3 is 1. The quantitative estimate of drug-likeness (QED) is 0.522. The molecule has 0 fully saturated rings. The molecule has 0 unspecified atom stereocenters. The van der Waals surface area contributed by atoms with E-state index >= 15 is 0 Å². The van der Waals surface area contributed by atoms with E-state index in [4.69, 9.17) is 14.2 Å². The van der Waals surface area contributed by atoms with Crippen molar-refractivity contribution in [3.05, 3.63) is 102 Å². The van der Waals surface area contributed by atoms with Crippen molar-refractivity contribution in [2.45, 2.75) is 18.9 Å². The first kappa shape index (κ1) is 19.8. The Labute approximate surface area is 176 Å². The van der Waals surface area contributed by atoms with Crippen LogP contribution in [0.4, 0.5) is 0 Å². The van der Waals surface area contributed by atoms with E-state index in [1.165, 1.54) is 0 Å². The smallest absolute Gasteiger partial charge is 0.310 e. The fourth-order valence-corrected chi connectivity index (χ4v) is 3.93. The van der Waals surface area contributed by atoms with Crippen molar-refractivity contribution < 1.29 is 19.0 Å². The summed E-state index contributed by atoms with van der Waals surface area (Å²) >= 11 is 0. The van der Waals surface area contributed by atoms with Crippen LogP contribution in [0, 0.1) is 0 Å². The number of fused-ring (bicyclic) bond motifs is 1. The van der Waals surface area contributed by atoms with E-state index in [1.807, 2.05) is 91.9 Å². The highest BCUT2D eigenvalue weighted by Gasteiger charge is 2.40. The monoisotopic (exact) mass is 400 g/mol. The van der Waals surface area contributed by atoms with Crippen LogP contribution in [0.2, 0.25) is 0 Å². The number of rotatable bonds is 6. The van der Waals surface area contributed by atoms with Crippen LogP contribution in [0.15, 0.2) is 84.9 Å². The van der Waals surface area contributed by atoms with Gasteiger partial charge >= 0.3 is 5.97 Å². The number of ether oxygens (including phenoxy) is 3. The molecule has 0 N–H and O–H groups in total. The average Bonchev–Trinajstić information content (AvgIpc) is 2.79. The zero-order valence-electron chi connectivity index (χ0n) is 17.1. The molecular formula is C26H24O4. The summed E-state index contributed by atoms with van der Waals surface area (Å²) in [5.41, 5.74) is 2.69. The summed E-state index contributed by atoms with van der Waals surface area (Å²) in [6, 6.07) is 25.7. The van der Waals surface area contributed by atoms with Crippen LogP contribution in [-0.2, 0) is 15.1 Å². The highest BCUT2D eigenvalue weighted by atomic mass is 16.5. The Morgan fingerprint density at radius 3 is 2.10 bits per heavy atom. The third-order valence-electron chi connectivity index (χ3n) is 5.22. The Balaban J connectivity index is 1.96. The summed E-state index contributed by atoms with van der Waals surface area (Å²) in [4.78, 5) is 12.5. The van der Waals surface area contributed by atoms with Gasteiger partial charge in [0.1, 0.15) is 11.5 Å². The molecule has 4 nitrogen and oxygen atoms in total. The minimum atomic E-state index is -0.871. The molecule has 30 heavy (non-hydrogen) atoms. The average molecular weight is 400 g/mol. The number of carbonyl (C=O) groups is 1. The molecule has 0 amide bonds. The summed E-state index contributed by atoms with van der Waals surface area (Å²) < 4.78 is 17.5. The molecule has 0 atom stereocenters. The Morgan fingerprint density at radius 1 is 0.900 bits per heavy atom. The molecule has 152 valence electrons. The summed E-state index contributed by atoms with van der Waals surface area (Å²) in [5.74, 6) is 1.05. The van der Waals surface area contributed by atoms with Gasteiger partial charge in [0.15, 0.2) is 5.60 Å². The van der Waals surface area contributed by atoms with Gasteiger partial charge in [-0.15, -0.1) is 0 Å². The van der Waals surface area contributed by atoms with Crippen LogP contribution < -0.4 is 9.47 Å². The van der Waals surface area contributed by atoms with Gasteiger partial charge in [-0.3, -0.25) is 4.79 Å². The number of esters is 1. The molecule has 1 aliphatic heterocycles. The van der Waals surface area contributed by atoms with E-state index in [2.05, 4.69) is 0 Å². The predicted octanol–water partition coefficient (Wildman–Crippen LogP) is 5.37. The minimum Gasteiger partial charge on any atom is -0.496 e. The Morgan fingerprint density at radius 2 is 1.53 bits per heavy atom. The fraction of sp³-hybridized carbons (Fsp3) is 0.192. The van der Waals surface area contributed by atoms with Crippen LogP contribution in [0.25, 0.3) is 5.57 Å². The molecule has 0 bridgehead atoms. The van der Waals surface area contributed by atoms with Gasteiger partial charge in [-0.1, -0.05) is 66.7 Å². The van der Waals surface area contributed by atoms with Crippen molar-refractivity contribution in [3.63, 3.8) is 0 Å². The molecule has 0 aliphatic carbocycles. The zero-order chi connectivity index (χ0) is 21.0. The first-order chi connectivity index (χ1) is 14.7. The fourth-order valence-electron chi connectivity index (χ4n) is 3.93. The summed E-state index contributed by atoms with van der Waals surface area (Å²) in [5, 5.41) is 0. The summed E-state index contributed by atoms with van der Waals surface area (Å²) in [6.07, 6.45) is 2.16. The molecule has 1 aliphatic rings. The normalized spacial score (nSPS) is 14.1. The molecule has 0 radical (unpaired) electrons. The van der Waals surface area contributed by atoms with Crippen molar-refractivity contribution in [2.75, 3.05) is 13.7 Å². The van der Waals surface area contributed by atoms with Gasteiger partial charge in [0, 0.05) is 11.1 Å². The maximum absolute atomic E-state index is 12.5. The van der Waals surface area contributed by atoms with Crippen LogP contribution in [0.5, 0.6) is 11.5 Å². The Hall–Kier alpha value is -3.53. The third-order valence-corrected chi connectivity index (χ3v) is 5.22. The molecule has 4 rings (SSSR count). The second kappa shape index (κ2) is 8.46. The molecule has 3 aromatic rings. The molecule has 0 aromatic heterocycles. The van der Waals surface area contributed by atoms with E-state index in [-0.39, 0.29) is 12.4 Å². The molecule has 0 saturated heterocycles. The molecular weight excluding hydrogens is 376 g/mol. The maximum Gasteiger partial charge on any atom is 0.310 e. The maximum atomic E-state index is 12.5. The molecule has 3 aromatic carbocycles. The molecule has 1 heterocycles. The van der Waals surface area contributed by atoms with E-state index < -0.39 is 5.60 Å². The topological polar surface area (TPSA) is 44.8 Å². The van der Waals surface area contributed by atoms with E-state index in [9.17, 15) is 4.79 Å². The molecule has 0 saturated carbocycles. The van der Waals surface area contributed by atoms with Gasteiger partial charge in [0.2, 0.25) is 0 Å². The lowest BCUT2D eigenvalue weighted by molar-refractivity contribution is -0.141. The predicted molar refractivity (Wildman–Crippen MR) is 117 cm³/mol. The van der Waals surface area contributed by atoms with Crippen LogP contribution in [-0.4, -0.2) is 19.7 Å². The number of carbonyl (C=O) groups excluding carboxylic acids is 1. The lowest BCUT2D eigenvalue weighted by atomic mass is 9.80. The molecule has 0 spiro atoms. The standard InChI is InChI=1S/C26H24O4/c1-3-29-24(27)17-19-18-26(20-11-6-4-7-12-20,21-13-8-5-9-14-21)30-23-16-10-15-22(28-2)25(19)23/h4-16,18H,3,17H2,1-2H3. The minimum absolute atomic E-state index is 0.131. The van der Waals surface area contributed by atoms with Gasteiger partial charge in [0.25, 0.3) is 0 Å². The molecule has 4 heteroatoms. The summed E-state index contributed by atoms with van der Waals surface area (Å²) in [7, 11) is 1.62. The van der Waals surface area contributed by atoms with Crippen LogP contribution in [0.3, 0.4) is 0 Å². The Bertz CT molecular complexity index is 1020. The van der Waals surface area contributed by atoms with Crippen molar-refractivity contribution in [1.29, 1.82) is 0 Å². The number of hydrogen-bond donors (Lipinski definition) is 0. The second-order valence-electron chi connectivity index (χ2n) is 7.05. The van der Waals surface area contributed by atoms with E-state index in [0.717, 1.165) is 22.3 Å². The lowest BCUT2D eigenvalue weighted by Crippen LogP contribution is -2.35. The van der Waals surface area contributed by atoms with Crippen molar-refractivity contribution >= 4 is 11.5 Å². The highest BCUT2D eigenvalue weighted by molar-refractivity contribution is 5.90. The van der Waals surface area contributed by atoms with Crippen molar-refractivity contribution in [1.82, 2.24) is 0 Å². The first-order valence-corrected chi connectivity index (χ1v) is 10.0. The van der Waals surface area contributed by atoms with Crippen molar-refractivity contribution in [2.24, 2.45) is 0 Å². The zero-order valence-corrected chi connectivity index (χ0v) is 17.1. The van der Waals surface area contributed by atoms with E-state index in [0.29, 0.717) is 18.1 Å². The van der Waals surface area contributed by atoms with Gasteiger partial charge in [-0.05, 0) is 30.7 Å².